The molecule has 5 heteroatoms. The minimum absolute atomic E-state index is 0.00918. The highest BCUT2D eigenvalue weighted by Gasteiger charge is 2.35. The molecule has 3 rings (SSSR count). The Balaban J connectivity index is 1.58. The molecule has 5 nitrogen and oxygen atoms in total. The molecule has 1 aliphatic rings. The van der Waals surface area contributed by atoms with Gasteiger partial charge in [0, 0.05) is 6.54 Å². The summed E-state index contributed by atoms with van der Waals surface area (Å²) in [4.78, 5) is 37.6. The number of carbonyl (C=O) groups is 3. The third-order valence-electron chi connectivity index (χ3n) is 4.20. The summed E-state index contributed by atoms with van der Waals surface area (Å²) in [6.45, 7) is 4.18. The molecule has 2 aromatic carbocycles. The molecule has 128 valence electrons. The average Bonchev–Trinajstić information content (AvgIpc) is 2.85. The van der Waals surface area contributed by atoms with Crippen molar-refractivity contribution in [1.29, 1.82) is 0 Å². The molecule has 0 spiro atoms. The summed E-state index contributed by atoms with van der Waals surface area (Å²) in [6, 6.07) is 14.0. The Kier molecular flexibility index (Phi) is 4.65. The molecule has 0 bridgehead atoms. The number of esters is 1. The van der Waals surface area contributed by atoms with E-state index in [4.69, 9.17) is 4.74 Å². The maximum absolute atomic E-state index is 12.2. The molecular formula is C20H19NO4. The number of amides is 2. The molecule has 0 aromatic heterocycles. The molecule has 0 aliphatic carbocycles. The number of ether oxygens (including phenoxy) is 1. The lowest BCUT2D eigenvalue weighted by atomic mass is 10.0. The lowest BCUT2D eigenvalue weighted by Crippen LogP contribution is -2.32. The van der Waals surface area contributed by atoms with Gasteiger partial charge in [-0.1, -0.05) is 38.1 Å². The summed E-state index contributed by atoms with van der Waals surface area (Å²) in [5.41, 5.74) is 1.92. The minimum atomic E-state index is -0.478. The van der Waals surface area contributed by atoms with E-state index in [1.54, 1.807) is 36.4 Å². The SMILES string of the molecule is CC(C)c1ccc(OC(=O)CCN2C(=O)c3ccccc3C2=O)cc1. The molecule has 1 heterocycles. The largest absolute Gasteiger partial charge is 0.426 e. The minimum Gasteiger partial charge on any atom is -0.426 e. The molecule has 0 radical (unpaired) electrons. The van der Waals surface area contributed by atoms with Crippen LogP contribution in [0.15, 0.2) is 48.5 Å². The van der Waals surface area contributed by atoms with E-state index in [1.165, 1.54) is 0 Å². The number of imide groups is 1. The molecule has 2 aromatic rings. The fraction of sp³-hybridized carbons (Fsp3) is 0.250. The smallest absolute Gasteiger partial charge is 0.312 e. The lowest BCUT2D eigenvalue weighted by Gasteiger charge is -2.13. The van der Waals surface area contributed by atoms with Crippen molar-refractivity contribution in [3.8, 4) is 5.75 Å². The molecule has 1 aliphatic heterocycles. The fourth-order valence-corrected chi connectivity index (χ4v) is 2.75. The number of hydrogen-bond donors (Lipinski definition) is 0. The zero-order valence-corrected chi connectivity index (χ0v) is 14.2. The van der Waals surface area contributed by atoms with Gasteiger partial charge in [0.15, 0.2) is 0 Å². The summed E-state index contributed by atoms with van der Waals surface area (Å²) in [5, 5.41) is 0. The highest BCUT2D eigenvalue weighted by molar-refractivity contribution is 6.21. The van der Waals surface area contributed by atoms with Crippen LogP contribution in [0, 0.1) is 0 Å². The second kappa shape index (κ2) is 6.89. The Labute approximate surface area is 146 Å². The van der Waals surface area contributed by atoms with Gasteiger partial charge in [-0.2, -0.15) is 0 Å². The molecule has 0 saturated heterocycles. The topological polar surface area (TPSA) is 63.7 Å². The van der Waals surface area contributed by atoms with E-state index in [9.17, 15) is 14.4 Å². The van der Waals surface area contributed by atoms with Gasteiger partial charge in [-0.05, 0) is 35.7 Å². The van der Waals surface area contributed by atoms with E-state index in [1.807, 2.05) is 12.1 Å². The Morgan fingerprint density at radius 3 is 2.04 bits per heavy atom. The summed E-state index contributed by atoms with van der Waals surface area (Å²) in [6.07, 6.45) is -0.0442. The normalized spacial score (nSPS) is 13.3. The first-order valence-electron chi connectivity index (χ1n) is 8.23. The zero-order valence-electron chi connectivity index (χ0n) is 14.2. The van der Waals surface area contributed by atoms with E-state index in [-0.39, 0.29) is 24.8 Å². The van der Waals surface area contributed by atoms with Gasteiger partial charge in [0.05, 0.1) is 17.5 Å². The predicted octanol–water partition coefficient (Wildman–Crippen LogP) is 3.40. The van der Waals surface area contributed by atoms with Crippen LogP contribution in [0.25, 0.3) is 0 Å². The van der Waals surface area contributed by atoms with Gasteiger partial charge in [0.25, 0.3) is 11.8 Å². The Bertz CT molecular complexity index is 789. The van der Waals surface area contributed by atoms with E-state index >= 15 is 0 Å². The summed E-state index contributed by atoms with van der Waals surface area (Å²) < 4.78 is 5.27. The van der Waals surface area contributed by atoms with Crippen LogP contribution in [0.1, 0.15) is 52.5 Å². The third kappa shape index (κ3) is 3.45. The Hall–Kier alpha value is -2.95. The average molecular weight is 337 g/mol. The van der Waals surface area contributed by atoms with Crippen molar-refractivity contribution in [2.45, 2.75) is 26.2 Å². The van der Waals surface area contributed by atoms with Crippen LogP contribution >= 0.6 is 0 Å². The first-order chi connectivity index (χ1) is 12.0. The van der Waals surface area contributed by atoms with Crippen LogP contribution in [0.4, 0.5) is 0 Å². The molecule has 0 fully saturated rings. The van der Waals surface area contributed by atoms with Crippen LogP contribution in [0.3, 0.4) is 0 Å². The fourth-order valence-electron chi connectivity index (χ4n) is 2.75. The second-order valence-electron chi connectivity index (χ2n) is 6.26. The molecular weight excluding hydrogens is 318 g/mol. The van der Waals surface area contributed by atoms with Gasteiger partial charge in [0.2, 0.25) is 0 Å². The second-order valence-corrected chi connectivity index (χ2v) is 6.26. The molecule has 25 heavy (non-hydrogen) atoms. The number of nitrogens with zero attached hydrogens (tertiary/aromatic N) is 1. The predicted molar refractivity (Wildman–Crippen MR) is 92.6 cm³/mol. The van der Waals surface area contributed by atoms with Crippen molar-refractivity contribution in [3.63, 3.8) is 0 Å². The van der Waals surface area contributed by atoms with Crippen molar-refractivity contribution >= 4 is 17.8 Å². The van der Waals surface area contributed by atoms with Gasteiger partial charge in [-0.3, -0.25) is 19.3 Å². The quantitative estimate of drug-likeness (QED) is 0.476. The van der Waals surface area contributed by atoms with Crippen molar-refractivity contribution in [1.82, 2.24) is 4.90 Å². The van der Waals surface area contributed by atoms with E-state index in [0.717, 1.165) is 10.5 Å². The molecule has 0 atom stereocenters. The van der Waals surface area contributed by atoms with Gasteiger partial charge in [-0.15, -0.1) is 0 Å². The van der Waals surface area contributed by atoms with Crippen LogP contribution in [-0.4, -0.2) is 29.2 Å². The van der Waals surface area contributed by atoms with Crippen LogP contribution in [-0.2, 0) is 4.79 Å². The monoisotopic (exact) mass is 337 g/mol. The maximum atomic E-state index is 12.2. The molecule has 0 unspecified atom stereocenters. The number of hydrogen-bond acceptors (Lipinski definition) is 4. The van der Waals surface area contributed by atoms with Gasteiger partial charge >= 0.3 is 5.97 Å². The standard InChI is InChI=1S/C20H19NO4/c1-13(2)14-7-9-15(10-8-14)25-18(22)11-12-21-19(23)16-5-3-4-6-17(16)20(21)24/h3-10,13H,11-12H2,1-2H3. The number of fused-ring (bicyclic) bond motifs is 1. The van der Waals surface area contributed by atoms with Crippen molar-refractivity contribution < 1.29 is 19.1 Å². The Morgan fingerprint density at radius 1 is 0.960 bits per heavy atom. The van der Waals surface area contributed by atoms with Crippen LogP contribution in [0.2, 0.25) is 0 Å². The van der Waals surface area contributed by atoms with Gasteiger partial charge in [-0.25, -0.2) is 0 Å². The Morgan fingerprint density at radius 2 is 1.52 bits per heavy atom. The summed E-state index contributed by atoms with van der Waals surface area (Å²) in [7, 11) is 0. The highest BCUT2D eigenvalue weighted by atomic mass is 16.5. The lowest BCUT2D eigenvalue weighted by molar-refractivity contribution is -0.134. The zero-order chi connectivity index (χ0) is 18.0. The molecule has 0 saturated carbocycles. The first kappa shape index (κ1) is 16.9. The van der Waals surface area contributed by atoms with Crippen LogP contribution in [0.5, 0.6) is 5.75 Å². The van der Waals surface area contributed by atoms with E-state index in [2.05, 4.69) is 13.8 Å². The van der Waals surface area contributed by atoms with Gasteiger partial charge in [0.1, 0.15) is 5.75 Å². The molecule has 0 N–H and O–H groups in total. The summed E-state index contributed by atoms with van der Waals surface area (Å²) in [5.74, 6) is -0.353. The van der Waals surface area contributed by atoms with Crippen molar-refractivity contribution in [2.75, 3.05) is 6.54 Å². The van der Waals surface area contributed by atoms with Crippen molar-refractivity contribution in [3.05, 3.63) is 65.2 Å². The van der Waals surface area contributed by atoms with Gasteiger partial charge < -0.3 is 4.74 Å². The number of benzene rings is 2. The first-order valence-corrected chi connectivity index (χ1v) is 8.23. The maximum Gasteiger partial charge on any atom is 0.312 e. The van der Waals surface area contributed by atoms with E-state index in [0.29, 0.717) is 22.8 Å². The van der Waals surface area contributed by atoms with Crippen LogP contribution < -0.4 is 4.74 Å². The number of carbonyl (C=O) groups excluding carboxylic acids is 3. The number of rotatable bonds is 5. The third-order valence-corrected chi connectivity index (χ3v) is 4.20. The highest BCUT2D eigenvalue weighted by Crippen LogP contribution is 2.23. The van der Waals surface area contributed by atoms with Crippen molar-refractivity contribution in [2.24, 2.45) is 0 Å². The summed E-state index contributed by atoms with van der Waals surface area (Å²) >= 11 is 0. The van der Waals surface area contributed by atoms with E-state index < -0.39 is 5.97 Å². The molecule has 2 amide bonds.